The highest BCUT2D eigenvalue weighted by atomic mass is 31.3. The molecule has 0 heterocycles. The maximum atomic E-state index is 10.7. The van der Waals surface area contributed by atoms with Crippen molar-refractivity contribution in [2.75, 3.05) is 6.54 Å². The second-order valence-corrected chi connectivity index (χ2v) is 10.2. The fourth-order valence-corrected chi connectivity index (χ4v) is 4.16. The molecule has 142 valence electrons. The molecule has 19 heteroatoms. The van der Waals surface area contributed by atoms with Crippen molar-refractivity contribution in [2.24, 2.45) is 5.73 Å². The predicted octanol–water partition coefficient (Wildman–Crippen LogP) is -4.61. The van der Waals surface area contributed by atoms with Crippen molar-refractivity contribution in [2.45, 2.75) is 17.9 Å². The van der Waals surface area contributed by atoms with E-state index in [4.69, 9.17) is 25.3 Å². The zero-order chi connectivity index (χ0) is 19.3. The molecule has 0 rings (SSSR count). The Morgan fingerprint density at radius 1 is 0.870 bits per heavy atom. The molecule has 0 atom stereocenters. The first kappa shape index (κ1) is 25.7. The van der Waals surface area contributed by atoms with E-state index in [0.29, 0.717) is 0 Å². The standard InChI is InChI=1S/C4H13NO7P2.H4O7P2/c5-3-1-2-4(6,13(7,8)9)14(10,11)12;1-8(2,3)7-9(4,5)6/h6H,1-3,5H2,(H2,7,8,9)(H2,10,11,12);(H2,1,2,3)(H2,4,5,6)/p-4. The summed E-state index contributed by atoms with van der Waals surface area (Å²) in [4.78, 5) is 71.8. The van der Waals surface area contributed by atoms with Crippen LogP contribution in [-0.4, -0.2) is 36.3 Å². The van der Waals surface area contributed by atoms with Gasteiger partial charge in [0.25, 0.3) is 5.08 Å². The molecule has 0 radical (unpaired) electrons. The Morgan fingerprint density at radius 3 is 1.30 bits per heavy atom. The van der Waals surface area contributed by atoms with Gasteiger partial charge in [-0.25, -0.2) is 0 Å². The van der Waals surface area contributed by atoms with Gasteiger partial charge in [-0.1, -0.05) is 0 Å². The van der Waals surface area contributed by atoms with Gasteiger partial charge in [0, 0.05) is 6.42 Å². The van der Waals surface area contributed by atoms with E-state index in [1.54, 1.807) is 0 Å². The van der Waals surface area contributed by atoms with Crippen LogP contribution >= 0.6 is 30.8 Å². The number of hydrogen-bond donors (Lipinski definition) is 6. The summed E-state index contributed by atoms with van der Waals surface area (Å²) in [5, 5.41) is 5.91. The van der Waals surface area contributed by atoms with Crippen LogP contribution in [0.4, 0.5) is 0 Å². The van der Waals surface area contributed by atoms with E-state index in [1.165, 1.54) is 0 Å². The molecular weight excluding hydrogens is 410 g/mol. The molecule has 0 amide bonds. The number of phosphoric acid groups is 2. The molecule has 0 aliphatic carbocycles. The Hall–Kier alpha value is 0.480. The minimum absolute atomic E-state index is 0.0394. The largest absolute Gasteiger partial charge is 0.790 e. The lowest BCUT2D eigenvalue weighted by atomic mass is 10.3. The number of hydrogen-bond acceptors (Lipinski definition) is 11. The number of rotatable bonds is 7. The summed E-state index contributed by atoms with van der Waals surface area (Å²) >= 11 is 0. The zero-order valence-corrected chi connectivity index (χ0v) is 14.5. The van der Waals surface area contributed by atoms with Crippen molar-refractivity contribution >= 4 is 30.8 Å². The van der Waals surface area contributed by atoms with E-state index in [2.05, 4.69) is 4.31 Å². The summed E-state index contributed by atoms with van der Waals surface area (Å²) in [7, 11) is -22.0. The normalized spacial score (nSPS) is 14.2. The molecule has 23 heavy (non-hydrogen) atoms. The highest BCUT2D eigenvalue weighted by Crippen LogP contribution is 2.69. The highest BCUT2D eigenvalue weighted by molar-refractivity contribution is 7.72. The second-order valence-electron chi connectivity index (χ2n) is 3.73. The van der Waals surface area contributed by atoms with Crippen molar-refractivity contribution < 1.29 is 66.8 Å². The number of nitrogens with two attached hydrogens (primary N) is 1. The van der Waals surface area contributed by atoms with E-state index in [-0.39, 0.29) is 13.0 Å². The maximum Gasteiger partial charge on any atom is 0.369 e. The fraction of sp³-hybridized carbons (Fsp3) is 1.00. The third-order valence-corrected chi connectivity index (χ3v) is 7.33. The van der Waals surface area contributed by atoms with Crippen LogP contribution in [0.2, 0.25) is 0 Å². The van der Waals surface area contributed by atoms with Gasteiger partial charge in [0.05, 0.1) is 15.6 Å². The third-order valence-electron chi connectivity index (χ3n) is 1.85. The summed E-state index contributed by atoms with van der Waals surface area (Å²) in [5.74, 6) is 0. The minimum atomic E-state index is -5.68. The Kier molecular flexibility index (Phi) is 9.75. The van der Waals surface area contributed by atoms with Gasteiger partial charge in [0.2, 0.25) is 0 Å². The molecule has 0 aromatic carbocycles. The van der Waals surface area contributed by atoms with Crippen molar-refractivity contribution in [1.82, 2.24) is 0 Å². The molecule has 0 saturated carbocycles. The van der Waals surface area contributed by atoms with Gasteiger partial charge in [0.15, 0.2) is 0 Å². The summed E-state index contributed by atoms with van der Waals surface area (Å²) in [5.41, 5.74) is 5.01. The molecule has 0 unspecified atom stereocenters. The first-order chi connectivity index (χ1) is 9.77. The molecule has 7 N–H and O–H groups in total. The average Bonchev–Trinajstić information content (AvgIpc) is 2.17. The molecule has 0 fully saturated rings. The monoisotopic (exact) mass is 423 g/mol. The topological polar surface area (TPSA) is 297 Å². The predicted molar refractivity (Wildman–Crippen MR) is 63.6 cm³/mol. The summed E-state index contributed by atoms with van der Waals surface area (Å²) < 4.78 is 42.6. The van der Waals surface area contributed by atoms with Crippen LogP contribution < -0.4 is 25.3 Å². The van der Waals surface area contributed by atoms with E-state index in [9.17, 15) is 42.9 Å². The molecule has 0 aliphatic rings. The van der Waals surface area contributed by atoms with Crippen LogP contribution in [0.1, 0.15) is 12.8 Å². The fourth-order valence-electron chi connectivity index (χ4n) is 0.923. The SMILES string of the molecule is NCCCC(O)(P(=O)(O)O)P(=O)(O)O.O=P([O-])([O-])OP(=O)([O-])[O-]. The lowest BCUT2D eigenvalue weighted by Crippen LogP contribution is -2.29. The quantitative estimate of drug-likeness (QED) is 0.210. The van der Waals surface area contributed by atoms with Crippen LogP contribution in [0, 0.1) is 0 Å². The molecule has 15 nitrogen and oxygen atoms in total. The smallest absolute Gasteiger partial charge is 0.369 e. The first-order valence-electron chi connectivity index (χ1n) is 5.06. The van der Waals surface area contributed by atoms with Gasteiger partial charge in [-0.3, -0.25) is 9.13 Å². The molecular formula is C4H13NO14P4-4. The van der Waals surface area contributed by atoms with Gasteiger partial charge < -0.3 is 63.4 Å². The van der Waals surface area contributed by atoms with E-state index in [1.807, 2.05) is 0 Å². The Balaban J connectivity index is 0. The van der Waals surface area contributed by atoms with Crippen LogP contribution in [0.5, 0.6) is 0 Å². The van der Waals surface area contributed by atoms with Gasteiger partial charge >= 0.3 is 15.2 Å². The van der Waals surface area contributed by atoms with E-state index >= 15 is 0 Å². The van der Waals surface area contributed by atoms with Gasteiger partial charge in [-0.2, -0.15) is 0 Å². The third kappa shape index (κ3) is 10.8. The van der Waals surface area contributed by atoms with Crippen LogP contribution in [0.25, 0.3) is 0 Å². The Labute approximate surface area is 128 Å². The van der Waals surface area contributed by atoms with Crippen molar-refractivity contribution in [1.29, 1.82) is 0 Å². The van der Waals surface area contributed by atoms with Crippen LogP contribution in [-0.2, 0) is 22.6 Å². The molecule has 0 aromatic rings. The second kappa shape index (κ2) is 8.72. The average molecular weight is 423 g/mol. The van der Waals surface area contributed by atoms with E-state index < -0.39 is 42.3 Å². The first-order valence-corrected chi connectivity index (χ1v) is 11.2. The van der Waals surface area contributed by atoms with Crippen molar-refractivity contribution in [3.8, 4) is 0 Å². The van der Waals surface area contributed by atoms with E-state index in [0.717, 1.165) is 0 Å². The minimum Gasteiger partial charge on any atom is -0.790 e. The molecule has 0 saturated heterocycles. The van der Waals surface area contributed by atoms with Crippen LogP contribution in [0.15, 0.2) is 0 Å². The van der Waals surface area contributed by atoms with Crippen molar-refractivity contribution in [3.63, 3.8) is 0 Å². The summed E-state index contributed by atoms with van der Waals surface area (Å²) in [6.07, 6.45) is -0.856. The lowest BCUT2D eigenvalue weighted by Gasteiger charge is -2.39. The summed E-state index contributed by atoms with van der Waals surface area (Å²) in [6, 6.07) is 0. The molecule has 0 aliphatic heterocycles. The maximum absolute atomic E-state index is 10.7. The van der Waals surface area contributed by atoms with Crippen molar-refractivity contribution in [3.05, 3.63) is 0 Å². The molecule has 0 bridgehead atoms. The van der Waals surface area contributed by atoms with Crippen LogP contribution in [0.3, 0.4) is 0 Å². The lowest BCUT2D eigenvalue weighted by molar-refractivity contribution is -0.364. The zero-order valence-electron chi connectivity index (χ0n) is 10.9. The Bertz CT molecular complexity index is 507. The van der Waals surface area contributed by atoms with Gasteiger partial charge in [0.1, 0.15) is 0 Å². The molecule has 0 aromatic heterocycles. The van der Waals surface area contributed by atoms with Gasteiger partial charge in [-0.05, 0) is 13.0 Å². The Morgan fingerprint density at radius 2 is 1.17 bits per heavy atom. The highest BCUT2D eigenvalue weighted by Gasteiger charge is 2.58. The number of aliphatic hydroxyl groups is 1. The summed E-state index contributed by atoms with van der Waals surface area (Å²) in [6.45, 7) is -0.0394. The molecule has 0 spiro atoms. The van der Waals surface area contributed by atoms with Gasteiger partial charge in [-0.15, -0.1) is 0 Å².